The smallest absolute Gasteiger partial charge is 0.296 e. The molecule has 1 aliphatic rings. The van der Waals surface area contributed by atoms with Gasteiger partial charge in [0.1, 0.15) is 5.78 Å². The van der Waals surface area contributed by atoms with Crippen LogP contribution < -0.4 is 5.32 Å². The van der Waals surface area contributed by atoms with Crippen LogP contribution in [0.3, 0.4) is 0 Å². The molecule has 0 aromatic carbocycles. The maximum absolute atomic E-state index is 11.0. The highest BCUT2D eigenvalue weighted by molar-refractivity contribution is 6.51. The van der Waals surface area contributed by atoms with E-state index in [1.807, 2.05) is 13.8 Å². The second-order valence-electron chi connectivity index (χ2n) is 3.45. The molecule has 5 nitrogen and oxygen atoms in total. The third-order valence-corrected chi connectivity index (χ3v) is 2.31. The Balaban J connectivity index is 0.000000209. The van der Waals surface area contributed by atoms with Crippen LogP contribution in [-0.4, -0.2) is 22.5 Å². The van der Waals surface area contributed by atoms with E-state index in [2.05, 4.69) is 10.3 Å². The number of hydrogen-bond acceptors (Lipinski definition) is 4. The van der Waals surface area contributed by atoms with E-state index in [9.17, 15) is 14.4 Å². The van der Waals surface area contributed by atoms with E-state index < -0.39 is 11.7 Å². The van der Waals surface area contributed by atoms with Crippen LogP contribution in [0.4, 0.5) is 5.69 Å². The van der Waals surface area contributed by atoms with E-state index in [1.165, 1.54) is 18.5 Å². The lowest BCUT2D eigenvalue weighted by Crippen LogP contribution is -2.12. The fourth-order valence-corrected chi connectivity index (χ4v) is 1.24. The number of rotatable bonds is 2. The Morgan fingerprint density at radius 1 is 1.29 bits per heavy atom. The number of aromatic nitrogens is 1. The first kappa shape index (κ1) is 13.0. The van der Waals surface area contributed by atoms with Crippen LogP contribution >= 0.6 is 0 Å². The van der Waals surface area contributed by atoms with Crippen LogP contribution in [0, 0.1) is 0 Å². The zero-order valence-corrected chi connectivity index (χ0v) is 9.82. The summed E-state index contributed by atoms with van der Waals surface area (Å²) in [6, 6.07) is 1.52. The number of anilines is 1. The molecule has 1 amide bonds. The summed E-state index contributed by atoms with van der Waals surface area (Å²) in [5.74, 6) is -0.717. The first-order valence-electron chi connectivity index (χ1n) is 5.41. The summed E-state index contributed by atoms with van der Waals surface area (Å²) in [6.07, 6.45) is 4.32. The van der Waals surface area contributed by atoms with Gasteiger partial charge in [-0.05, 0) is 6.07 Å². The first-order chi connectivity index (χ1) is 8.10. The molecule has 1 aliphatic heterocycles. The topological polar surface area (TPSA) is 76.1 Å². The molecule has 1 aromatic heterocycles. The molecule has 0 fully saturated rings. The molecule has 17 heavy (non-hydrogen) atoms. The maximum atomic E-state index is 11.0. The van der Waals surface area contributed by atoms with Gasteiger partial charge in [0, 0.05) is 19.0 Å². The molecule has 1 aromatic rings. The highest BCUT2D eigenvalue weighted by Crippen LogP contribution is 2.19. The molecular formula is C12H14N2O3. The fraction of sp³-hybridized carbons (Fsp3) is 0.333. The van der Waals surface area contributed by atoms with Crippen molar-refractivity contribution in [2.75, 3.05) is 5.32 Å². The third-order valence-electron chi connectivity index (χ3n) is 2.31. The third kappa shape index (κ3) is 3.21. The molecule has 0 radical (unpaired) electrons. The van der Waals surface area contributed by atoms with Crippen LogP contribution in [0.15, 0.2) is 18.5 Å². The highest BCUT2D eigenvalue weighted by Gasteiger charge is 2.27. The van der Waals surface area contributed by atoms with Gasteiger partial charge in [-0.1, -0.05) is 13.8 Å². The van der Waals surface area contributed by atoms with Crippen molar-refractivity contribution in [1.82, 2.24) is 4.98 Å². The molecule has 0 unspecified atom stereocenters. The minimum Gasteiger partial charge on any atom is -0.317 e. The number of nitrogens with one attached hydrogen (secondary N) is 1. The number of pyridine rings is 1. The van der Waals surface area contributed by atoms with Gasteiger partial charge in [-0.3, -0.25) is 19.4 Å². The quantitative estimate of drug-likeness (QED) is 0.788. The van der Waals surface area contributed by atoms with Crippen molar-refractivity contribution in [1.29, 1.82) is 0 Å². The number of Topliss-reactive ketones (excluding diaryl/α,β-unsaturated/α-hetero) is 2. The highest BCUT2D eigenvalue weighted by atomic mass is 16.2. The van der Waals surface area contributed by atoms with Crippen LogP contribution in [0.2, 0.25) is 0 Å². The largest absolute Gasteiger partial charge is 0.317 e. The second kappa shape index (κ2) is 5.89. The summed E-state index contributed by atoms with van der Waals surface area (Å²) in [7, 11) is 0. The SMILES string of the molecule is CCC(=O)CC.O=C1Nc2cnccc2C1=O. The number of hydrogen-bond donors (Lipinski definition) is 1. The Kier molecular flexibility index (Phi) is 4.51. The number of nitrogens with zero attached hydrogens (tertiary/aromatic N) is 1. The van der Waals surface area contributed by atoms with Gasteiger partial charge >= 0.3 is 0 Å². The Bertz CT molecular complexity index is 449. The van der Waals surface area contributed by atoms with Crippen molar-refractivity contribution in [3.8, 4) is 0 Å². The van der Waals surface area contributed by atoms with E-state index >= 15 is 0 Å². The van der Waals surface area contributed by atoms with Crippen molar-refractivity contribution in [3.63, 3.8) is 0 Å². The van der Waals surface area contributed by atoms with Crippen LogP contribution in [-0.2, 0) is 9.59 Å². The Labute approximate surface area is 99.2 Å². The molecular weight excluding hydrogens is 220 g/mol. The zero-order chi connectivity index (χ0) is 12.8. The average Bonchev–Trinajstić information content (AvgIpc) is 2.65. The number of ketones is 2. The van der Waals surface area contributed by atoms with Crippen molar-refractivity contribution in [3.05, 3.63) is 24.0 Å². The van der Waals surface area contributed by atoms with Crippen molar-refractivity contribution in [2.24, 2.45) is 0 Å². The lowest BCUT2D eigenvalue weighted by molar-refractivity contribution is -0.118. The van der Waals surface area contributed by atoms with E-state index in [0.29, 0.717) is 29.9 Å². The molecule has 2 heterocycles. The molecule has 0 atom stereocenters. The van der Waals surface area contributed by atoms with Crippen LogP contribution in [0.25, 0.3) is 0 Å². The predicted molar refractivity (Wildman–Crippen MR) is 62.8 cm³/mol. The number of carbonyl (C=O) groups excluding carboxylic acids is 3. The van der Waals surface area contributed by atoms with Crippen molar-refractivity contribution in [2.45, 2.75) is 26.7 Å². The summed E-state index contributed by atoms with van der Waals surface area (Å²) >= 11 is 0. The standard InChI is InChI=1S/C7H4N2O2.C5H10O/c10-6-4-1-2-8-3-5(4)9-7(6)11;1-3-5(6)4-2/h1-3H,(H,9,10,11);3-4H2,1-2H3. The van der Waals surface area contributed by atoms with Gasteiger partial charge in [-0.2, -0.15) is 0 Å². The van der Waals surface area contributed by atoms with Crippen LogP contribution in [0.5, 0.6) is 0 Å². The monoisotopic (exact) mass is 234 g/mol. The van der Waals surface area contributed by atoms with Crippen molar-refractivity contribution >= 4 is 23.2 Å². The molecule has 5 heteroatoms. The van der Waals surface area contributed by atoms with Gasteiger partial charge in [-0.25, -0.2) is 0 Å². The van der Waals surface area contributed by atoms with E-state index in [4.69, 9.17) is 0 Å². The number of amides is 1. The maximum Gasteiger partial charge on any atom is 0.296 e. The molecule has 0 saturated heterocycles. The van der Waals surface area contributed by atoms with E-state index in [1.54, 1.807) is 0 Å². The molecule has 0 saturated carbocycles. The molecule has 1 N–H and O–H groups in total. The first-order valence-corrected chi connectivity index (χ1v) is 5.41. The average molecular weight is 234 g/mol. The zero-order valence-electron chi connectivity index (χ0n) is 9.82. The molecule has 0 aliphatic carbocycles. The normalized spacial score (nSPS) is 12.4. The Morgan fingerprint density at radius 2 is 1.94 bits per heavy atom. The number of carbonyl (C=O) groups is 3. The lowest BCUT2D eigenvalue weighted by atomic mass is 10.2. The summed E-state index contributed by atoms with van der Waals surface area (Å²) < 4.78 is 0. The van der Waals surface area contributed by atoms with Crippen molar-refractivity contribution < 1.29 is 14.4 Å². The summed E-state index contributed by atoms with van der Waals surface area (Å²) in [6.45, 7) is 3.76. The fourth-order valence-electron chi connectivity index (χ4n) is 1.24. The molecule has 2 rings (SSSR count). The molecule has 0 bridgehead atoms. The van der Waals surface area contributed by atoms with Gasteiger partial charge < -0.3 is 5.32 Å². The van der Waals surface area contributed by atoms with E-state index in [-0.39, 0.29) is 0 Å². The molecule has 90 valence electrons. The Morgan fingerprint density at radius 3 is 2.41 bits per heavy atom. The van der Waals surface area contributed by atoms with Gasteiger partial charge in [0.25, 0.3) is 11.7 Å². The predicted octanol–water partition coefficient (Wildman–Crippen LogP) is 1.59. The minimum atomic E-state index is -0.576. The lowest BCUT2D eigenvalue weighted by Gasteiger charge is -1.90. The minimum absolute atomic E-state index is 0.343. The van der Waals surface area contributed by atoms with Gasteiger partial charge in [0.2, 0.25) is 0 Å². The summed E-state index contributed by atoms with van der Waals surface area (Å²) in [5.41, 5.74) is 0.910. The summed E-state index contributed by atoms with van der Waals surface area (Å²) in [5, 5.41) is 2.40. The molecule has 0 spiro atoms. The van der Waals surface area contributed by atoms with Gasteiger partial charge in [0.15, 0.2) is 0 Å². The second-order valence-corrected chi connectivity index (χ2v) is 3.45. The Hall–Kier alpha value is -2.04. The van der Waals surface area contributed by atoms with Gasteiger partial charge in [-0.15, -0.1) is 0 Å². The van der Waals surface area contributed by atoms with E-state index in [0.717, 1.165) is 0 Å². The number of fused-ring (bicyclic) bond motifs is 1. The van der Waals surface area contributed by atoms with Gasteiger partial charge in [0.05, 0.1) is 17.4 Å². The van der Waals surface area contributed by atoms with Crippen LogP contribution in [0.1, 0.15) is 37.0 Å². The summed E-state index contributed by atoms with van der Waals surface area (Å²) in [4.78, 5) is 35.6.